The van der Waals surface area contributed by atoms with Gasteiger partial charge in [-0.3, -0.25) is 14.5 Å². The van der Waals surface area contributed by atoms with E-state index in [1.807, 2.05) is 9.80 Å². The fraction of sp³-hybridized carbons (Fsp3) is 0.556. The van der Waals surface area contributed by atoms with E-state index in [1.165, 1.54) is 18.6 Å². The number of hydrogen-bond donors (Lipinski definition) is 1. The van der Waals surface area contributed by atoms with Crippen molar-refractivity contribution in [2.45, 2.75) is 25.2 Å². The van der Waals surface area contributed by atoms with Gasteiger partial charge in [-0.2, -0.15) is 0 Å². The third kappa shape index (κ3) is 3.75. The van der Waals surface area contributed by atoms with E-state index in [0.29, 0.717) is 13.1 Å². The van der Waals surface area contributed by atoms with E-state index >= 15 is 0 Å². The first kappa shape index (κ1) is 16.9. The summed E-state index contributed by atoms with van der Waals surface area (Å²) in [4.78, 5) is 27.8. The van der Waals surface area contributed by atoms with E-state index < -0.39 is 11.9 Å². The lowest BCUT2D eigenvalue weighted by atomic mass is 9.89. The van der Waals surface area contributed by atoms with E-state index in [9.17, 15) is 19.1 Å². The van der Waals surface area contributed by atoms with Crippen molar-refractivity contribution in [1.29, 1.82) is 0 Å². The number of rotatable bonds is 4. The second-order valence-corrected chi connectivity index (χ2v) is 6.74. The number of hydrogen-bond acceptors (Lipinski definition) is 3. The van der Waals surface area contributed by atoms with Gasteiger partial charge in [0.15, 0.2) is 0 Å². The van der Waals surface area contributed by atoms with Gasteiger partial charge in [-0.1, -0.05) is 12.1 Å². The van der Waals surface area contributed by atoms with Crippen molar-refractivity contribution in [1.82, 2.24) is 9.80 Å². The molecule has 1 aromatic carbocycles. The molecule has 6 heteroatoms. The lowest BCUT2D eigenvalue weighted by molar-refractivity contribution is -0.142. The van der Waals surface area contributed by atoms with Crippen LogP contribution in [0.15, 0.2) is 24.3 Å². The number of carbonyl (C=O) groups is 2. The van der Waals surface area contributed by atoms with E-state index in [1.54, 1.807) is 12.1 Å². The standard InChI is InChI=1S/C18H23FN2O3/c19-14-6-4-13(5-7-14)15-10-20(11-16(15)18(23)24)12-17(22)21-8-2-1-3-9-21/h4-7,15-16H,1-3,8-12H2,(H,23,24). The molecule has 0 spiro atoms. The number of benzene rings is 1. The number of amides is 1. The summed E-state index contributed by atoms with van der Waals surface area (Å²) in [6, 6.07) is 6.00. The Morgan fingerprint density at radius 2 is 1.75 bits per heavy atom. The number of carbonyl (C=O) groups excluding carboxylic acids is 1. The summed E-state index contributed by atoms with van der Waals surface area (Å²) >= 11 is 0. The Morgan fingerprint density at radius 3 is 2.38 bits per heavy atom. The van der Waals surface area contributed by atoms with Crippen molar-refractivity contribution in [3.63, 3.8) is 0 Å². The van der Waals surface area contributed by atoms with Gasteiger partial charge < -0.3 is 10.0 Å². The minimum atomic E-state index is -0.864. The molecule has 1 amide bonds. The minimum absolute atomic E-state index is 0.0820. The highest BCUT2D eigenvalue weighted by molar-refractivity contribution is 5.79. The summed E-state index contributed by atoms with van der Waals surface area (Å²) in [5, 5.41) is 9.50. The van der Waals surface area contributed by atoms with Crippen molar-refractivity contribution >= 4 is 11.9 Å². The zero-order chi connectivity index (χ0) is 17.1. The summed E-state index contributed by atoms with van der Waals surface area (Å²) in [6.45, 7) is 2.74. The Morgan fingerprint density at radius 1 is 1.08 bits per heavy atom. The van der Waals surface area contributed by atoms with Gasteiger partial charge in [0.25, 0.3) is 0 Å². The lowest BCUT2D eigenvalue weighted by Crippen LogP contribution is -2.42. The molecule has 2 unspecified atom stereocenters. The molecule has 24 heavy (non-hydrogen) atoms. The maximum absolute atomic E-state index is 13.1. The lowest BCUT2D eigenvalue weighted by Gasteiger charge is -2.28. The average molecular weight is 334 g/mol. The molecular weight excluding hydrogens is 311 g/mol. The summed E-state index contributed by atoms with van der Waals surface area (Å²) < 4.78 is 13.1. The zero-order valence-corrected chi connectivity index (χ0v) is 13.7. The summed E-state index contributed by atoms with van der Waals surface area (Å²) in [6.07, 6.45) is 3.25. The molecule has 2 heterocycles. The summed E-state index contributed by atoms with van der Waals surface area (Å²) in [7, 11) is 0. The Kier molecular flexibility index (Phi) is 5.14. The van der Waals surface area contributed by atoms with Gasteiger partial charge in [-0.15, -0.1) is 0 Å². The van der Waals surface area contributed by atoms with Crippen molar-refractivity contribution in [2.24, 2.45) is 5.92 Å². The molecule has 3 rings (SSSR count). The molecule has 0 saturated carbocycles. The second-order valence-electron chi connectivity index (χ2n) is 6.74. The average Bonchev–Trinajstić information content (AvgIpc) is 3.00. The zero-order valence-electron chi connectivity index (χ0n) is 13.7. The number of likely N-dealkylation sites (tertiary alicyclic amines) is 2. The molecule has 2 aliphatic rings. The molecule has 0 aromatic heterocycles. The van der Waals surface area contributed by atoms with Crippen LogP contribution >= 0.6 is 0 Å². The highest BCUT2D eigenvalue weighted by Crippen LogP contribution is 2.33. The van der Waals surface area contributed by atoms with Crippen molar-refractivity contribution in [3.05, 3.63) is 35.6 Å². The van der Waals surface area contributed by atoms with Crippen LogP contribution in [0.1, 0.15) is 30.7 Å². The van der Waals surface area contributed by atoms with Crippen LogP contribution < -0.4 is 0 Å². The molecule has 1 aromatic rings. The molecule has 130 valence electrons. The molecule has 1 N–H and O–H groups in total. The number of carboxylic acids is 1. The van der Waals surface area contributed by atoms with E-state index in [4.69, 9.17) is 0 Å². The molecular formula is C18H23FN2O3. The van der Waals surface area contributed by atoms with Crippen LogP contribution in [0.3, 0.4) is 0 Å². The van der Waals surface area contributed by atoms with Crippen LogP contribution in [0, 0.1) is 11.7 Å². The van der Waals surface area contributed by atoms with Crippen LogP contribution in [0.25, 0.3) is 0 Å². The number of piperidine rings is 1. The molecule has 2 aliphatic heterocycles. The van der Waals surface area contributed by atoms with Gasteiger partial charge in [0.2, 0.25) is 5.91 Å². The van der Waals surface area contributed by atoms with Gasteiger partial charge in [0.1, 0.15) is 5.82 Å². The first-order chi connectivity index (χ1) is 11.5. The van der Waals surface area contributed by atoms with Gasteiger partial charge >= 0.3 is 5.97 Å². The monoisotopic (exact) mass is 334 g/mol. The third-order valence-electron chi connectivity index (χ3n) is 5.08. The minimum Gasteiger partial charge on any atom is -0.481 e. The van der Waals surface area contributed by atoms with Crippen LogP contribution in [0.5, 0.6) is 0 Å². The van der Waals surface area contributed by atoms with Crippen LogP contribution in [0.2, 0.25) is 0 Å². The first-order valence-corrected chi connectivity index (χ1v) is 8.53. The fourth-order valence-corrected chi connectivity index (χ4v) is 3.75. The first-order valence-electron chi connectivity index (χ1n) is 8.53. The van der Waals surface area contributed by atoms with Crippen LogP contribution in [-0.2, 0) is 9.59 Å². The summed E-state index contributed by atoms with van der Waals surface area (Å²) in [5.41, 5.74) is 0.816. The van der Waals surface area contributed by atoms with Gasteiger partial charge in [0, 0.05) is 32.1 Å². The topological polar surface area (TPSA) is 60.9 Å². The van der Waals surface area contributed by atoms with Crippen LogP contribution in [-0.4, -0.2) is 59.5 Å². The molecule has 0 aliphatic carbocycles. The molecule has 0 radical (unpaired) electrons. The molecule has 2 fully saturated rings. The molecule has 2 atom stereocenters. The Bertz CT molecular complexity index is 599. The number of halogens is 1. The number of carboxylic acid groups (broad SMARTS) is 1. The molecule has 5 nitrogen and oxygen atoms in total. The van der Waals surface area contributed by atoms with Crippen molar-refractivity contribution in [2.75, 3.05) is 32.7 Å². The molecule has 2 saturated heterocycles. The maximum atomic E-state index is 13.1. The van der Waals surface area contributed by atoms with Gasteiger partial charge in [-0.25, -0.2) is 4.39 Å². The van der Waals surface area contributed by atoms with E-state index in [-0.39, 0.29) is 24.2 Å². The van der Waals surface area contributed by atoms with E-state index in [0.717, 1.165) is 31.5 Å². The van der Waals surface area contributed by atoms with Gasteiger partial charge in [0.05, 0.1) is 12.5 Å². The van der Waals surface area contributed by atoms with Crippen LogP contribution in [0.4, 0.5) is 4.39 Å². The third-order valence-corrected chi connectivity index (χ3v) is 5.08. The fourth-order valence-electron chi connectivity index (χ4n) is 3.75. The number of aliphatic carboxylic acids is 1. The maximum Gasteiger partial charge on any atom is 0.308 e. The largest absolute Gasteiger partial charge is 0.481 e. The Labute approximate surface area is 141 Å². The smallest absolute Gasteiger partial charge is 0.308 e. The SMILES string of the molecule is O=C(O)C1CN(CC(=O)N2CCCCC2)CC1c1ccc(F)cc1. The van der Waals surface area contributed by atoms with Crippen molar-refractivity contribution < 1.29 is 19.1 Å². The molecule has 0 bridgehead atoms. The predicted octanol–water partition coefficient (Wildman–Crippen LogP) is 1.94. The quantitative estimate of drug-likeness (QED) is 0.914. The van der Waals surface area contributed by atoms with E-state index in [2.05, 4.69) is 0 Å². The second kappa shape index (κ2) is 7.30. The predicted molar refractivity (Wildman–Crippen MR) is 87.1 cm³/mol. The summed E-state index contributed by atoms with van der Waals surface area (Å²) in [5.74, 6) is -1.89. The Hall–Kier alpha value is -1.95. The Balaban J connectivity index is 1.67. The number of nitrogens with zero attached hydrogens (tertiary/aromatic N) is 2. The normalized spacial score (nSPS) is 25.0. The highest BCUT2D eigenvalue weighted by Gasteiger charge is 2.39. The van der Waals surface area contributed by atoms with Crippen molar-refractivity contribution in [3.8, 4) is 0 Å². The highest BCUT2D eigenvalue weighted by atomic mass is 19.1. The van der Waals surface area contributed by atoms with Gasteiger partial charge in [-0.05, 0) is 37.0 Å².